The Hall–Kier alpha value is -2.31. The zero-order valence-corrected chi connectivity index (χ0v) is 9.65. The maximum Gasteiger partial charge on any atom is 0.436 e. The number of hydrogen-bond donors (Lipinski definition) is 0. The first-order chi connectivity index (χ1) is 8.93. The summed E-state index contributed by atoms with van der Waals surface area (Å²) in [6, 6.07) is 5.66. The van der Waals surface area contributed by atoms with Crippen LogP contribution in [0.15, 0.2) is 33.2 Å². The van der Waals surface area contributed by atoms with Crippen molar-refractivity contribution in [2.24, 2.45) is 0 Å². The summed E-state index contributed by atoms with van der Waals surface area (Å²) < 4.78 is 47.3. The van der Waals surface area contributed by atoms with E-state index in [9.17, 15) is 13.2 Å². The van der Waals surface area contributed by atoms with Gasteiger partial charge in [-0.3, -0.25) is 0 Å². The van der Waals surface area contributed by atoms with Crippen molar-refractivity contribution in [3.05, 3.63) is 35.9 Å². The zero-order chi connectivity index (χ0) is 13.6. The number of aryl methyl sites for hydroxylation is 1. The lowest BCUT2D eigenvalue weighted by molar-refractivity contribution is -0.142. The Morgan fingerprint density at radius 3 is 2.63 bits per heavy atom. The topological polar surface area (TPSA) is 52.1 Å². The highest BCUT2D eigenvalue weighted by atomic mass is 19.4. The molecule has 3 aromatic rings. The average Bonchev–Trinajstić information content (AvgIpc) is 2.90. The number of rotatable bonds is 1. The normalized spacial score (nSPS) is 12.2. The molecule has 0 fully saturated rings. The molecule has 2 aromatic heterocycles. The van der Waals surface area contributed by atoms with Crippen molar-refractivity contribution in [2.45, 2.75) is 13.1 Å². The van der Waals surface area contributed by atoms with Crippen molar-refractivity contribution >= 4 is 11.1 Å². The molecular formula is C12H7F3N2O2. The third-order valence-electron chi connectivity index (χ3n) is 2.58. The minimum Gasteiger partial charge on any atom is -0.441 e. The van der Waals surface area contributed by atoms with Gasteiger partial charge in [-0.2, -0.15) is 13.2 Å². The Kier molecular flexibility index (Phi) is 2.38. The number of halogens is 3. The van der Waals surface area contributed by atoms with Crippen molar-refractivity contribution in [1.29, 1.82) is 0 Å². The largest absolute Gasteiger partial charge is 0.441 e. The first-order valence-electron chi connectivity index (χ1n) is 5.35. The van der Waals surface area contributed by atoms with Gasteiger partial charge < -0.3 is 8.94 Å². The smallest absolute Gasteiger partial charge is 0.436 e. The van der Waals surface area contributed by atoms with Gasteiger partial charge in [-0.25, -0.2) is 4.98 Å². The van der Waals surface area contributed by atoms with Crippen molar-refractivity contribution in [3.63, 3.8) is 0 Å². The van der Waals surface area contributed by atoms with E-state index in [0.29, 0.717) is 22.6 Å². The van der Waals surface area contributed by atoms with Crippen molar-refractivity contribution in [1.82, 2.24) is 10.1 Å². The fraction of sp³-hybridized carbons (Fsp3) is 0.167. The Bertz CT molecular complexity index is 743. The van der Waals surface area contributed by atoms with E-state index >= 15 is 0 Å². The Labute approximate surface area is 104 Å². The lowest BCUT2D eigenvalue weighted by Gasteiger charge is -1.97. The maximum absolute atomic E-state index is 12.4. The van der Waals surface area contributed by atoms with Crippen molar-refractivity contribution < 1.29 is 22.1 Å². The molecule has 0 spiro atoms. The third kappa shape index (κ3) is 2.07. The maximum atomic E-state index is 12.4. The summed E-state index contributed by atoms with van der Waals surface area (Å²) in [7, 11) is 0. The van der Waals surface area contributed by atoms with Crippen LogP contribution in [0.2, 0.25) is 0 Å². The van der Waals surface area contributed by atoms with Gasteiger partial charge in [0, 0.05) is 18.6 Å². The molecule has 0 amide bonds. The minimum atomic E-state index is -4.52. The van der Waals surface area contributed by atoms with Crippen LogP contribution in [-0.2, 0) is 6.18 Å². The molecule has 0 aliphatic heterocycles. The monoisotopic (exact) mass is 268 g/mol. The zero-order valence-electron chi connectivity index (χ0n) is 9.65. The summed E-state index contributed by atoms with van der Waals surface area (Å²) in [6.45, 7) is 1.69. The predicted octanol–water partition coefficient (Wildman–Crippen LogP) is 3.81. The predicted molar refractivity (Wildman–Crippen MR) is 59.2 cm³/mol. The van der Waals surface area contributed by atoms with Crippen LogP contribution in [0.5, 0.6) is 0 Å². The molecule has 3 rings (SSSR count). The number of aromatic nitrogens is 2. The van der Waals surface area contributed by atoms with E-state index in [-0.39, 0.29) is 5.76 Å². The molecule has 0 aliphatic carbocycles. The molecule has 7 heteroatoms. The highest BCUT2D eigenvalue weighted by Crippen LogP contribution is 2.32. The van der Waals surface area contributed by atoms with E-state index in [1.165, 1.54) is 0 Å². The molecule has 0 saturated carbocycles. The van der Waals surface area contributed by atoms with E-state index in [1.807, 2.05) is 0 Å². The molecule has 2 heterocycles. The van der Waals surface area contributed by atoms with Crippen LogP contribution in [0.3, 0.4) is 0 Å². The second-order valence-corrected chi connectivity index (χ2v) is 3.99. The molecular weight excluding hydrogens is 261 g/mol. The molecule has 1 aromatic carbocycles. The van der Waals surface area contributed by atoms with Gasteiger partial charge in [-0.05, 0) is 18.2 Å². The van der Waals surface area contributed by atoms with Crippen LogP contribution in [0.1, 0.15) is 11.6 Å². The molecule has 0 atom stereocenters. The fourth-order valence-corrected chi connectivity index (χ4v) is 1.74. The van der Waals surface area contributed by atoms with Crippen LogP contribution in [0.25, 0.3) is 22.4 Å². The fourth-order valence-electron chi connectivity index (χ4n) is 1.74. The summed E-state index contributed by atoms with van der Waals surface area (Å²) in [4.78, 5) is 4.10. The molecule has 19 heavy (non-hydrogen) atoms. The van der Waals surface area contributed by atoms with Gasteiger partial charge in [-0.1, -0.05) is 5.16 Å². The molecule has 0 N–H and O–H groups in total. The first kappa shape index (κ1) is 11.8. The average molecular weight is 268 g/mol. The van der Waals surface area contributed by atoms with E-state index in [2.05, 4.69) is 10.1 Å². The van der Waals surface area contributed by atoms with Gasteiger partial charge in [0.1, 0.15) is 5.52 Å². The van der Waals surface area contributed by atoms with Crippen molar-refractivity contribution in [3.8, 4) is 11.3 Å². The number of nitrogens with zero attached hydrogens (tertiary/aromatic N) is 2. The summed E-state index contributed by atoms with van der Waals surface area (Å²) in [6.07, 6.45) is -4.52. The Balaban J connectivity index is 2.06. The van der Waals surface area contributed by atoms with Crippen molar-refractivity contribution in [2.75, 3.05) is 0 Å². The summed E-state index contributed by atoms with van der Waals surface area (Å²) in [5, 5.41) is 3.01. The third-order valence-corrected chi connectivity index (χ3v) is 2.58. The lowest BCUT2D eigenvalue weighted by atomic mass is 10.1. The van der Waals surface area contributed by atoms with Gasteiger partial charge in [0.05, 0.1) is 0 Å². The molecule has 0 aliphatic rings. The van der Waals surface area contributed by atoms with Crippen LogP contribution in [-0.4, -0.2) is 10.1 Å². The molecule has 98 valence electrons. The molecule has 0 radical (unpaired) electrons. The second-order valence-electron chi connectivity index (χ2n) is 3.99. The van der Waals surface area contributed by atoms with Crippen LogP contribution >= 0.6 is 0 Å². The SMILES string of the molecule is Cc1nc2cc(-c3cc(C(F)(F)F)no3)ccc2o1. The van der Waals surface area contributed by atoms with Crippen LogP contribution < -0.4 is 0 Å². The number of fused-ring (bicyclic) bond motifs is 1. The second kappa shape index (κ2) is 3.84. The molecule has 4 nitrogen and oxygen atoms in total. The highest BCUT2D eigenvalue weighted by molar-refractivity contribution is 5.79. The van der Waals surface area contributed by atoms with E-state index < -0.39 is 11.9 Å². The standard InChI is InChI=1S/C12H7F3N2O2/c1-6-16-8-4-7(2-3-9(8)18-6)10-5-11(17-19-10)12(13,14)15/h2-5H,1H3. The van der Waals surface area contributed by atoms with E-state index in [4.69, 9.17) is 8.94 Å². The van der Waals surface area contributed by atoms with Gasteiger partial charge >= 0.3 is 6.18 Å². The molecule has 0 bridgehead atoms. The Morgan fingerprint density at radius 1 is 1.16 bits per heavy atom. The highest BCUT2D eigenvalue weighted by Gasteiger charge is 2.35. The number of alkyl halides is 3. The van der Waals surface area contributed by atoms with E-state index in [1.54, 1.807) is 25.1 Å². The van der Waals surface area contributed by atoms with Crippen LogP contribution in [0.4, 0.5) is 13.2 Å². The number of benzene rings is 1. The van der Waals surface area contributed by atoms with Gasteiger partial charge in [0.2, 0.25) is 0 Å². The first-order valence-corrected chi connectivity index (χ1v) is 5.35. The van der Waals surface area contributed by atoms with Gasteiger partial charge in [0.15, 0.2) is 22.9 Å². The summed E-state index contributed by atoms with van der Waals surface area (Å²) >= 11 is 0. The lowest BCUT2D eigenvalue weighted by Crippen LogP contribution is -2.04. The number of hydrogen-bond acceptors (Lipinski definition) is 4. The molecule has 0 unspecified atom stereocenters. The quantitative estimate of drug-likeness (QED) is 0.673. The minimum absolute atomic E-state index is 0.0369. The van der Waals surface area contributed by atoms with Gasteiger partial charge in [0.25, 0.3) is 0 Å². The van der Waals surface area contributed by atoms with Crippen LogP contribution in [0, 0.1) is 6.92 Å². The summed E-state index contributed by atoms with van der Waals surface area (Å²) in [5.74, 6) is 0.524. The number of oxazole rings is 1. The van der Waals surface area contributed by atoms with E-state index in [0.717, 1.165) is 6.07 Å². The summed E-state index contributed by atoms with van der Waals surface area (Å²) in [5.41, 5.74) is 0.527. The Morgan fingerprint density at radius 2 is 1.95 bits per heavy atom. The van der Waals surface area contributed by atoms with Gasteiger partial charge in [-0.15, -0.1) is 0 Å². The molecule has 0 saturated heterocycles.